The number of carbonyl (C=O) groups is 2. The van der Waals surface area contributed by atoms with Gasteiger partial charge in [-0.2, -0.15) is 0 Å². The summed E-state index contributed by atoms with van der Waals surface area (Å²) in [5, 5.41) is 5.50. The first-order valence-electron chi connectivity index (χ1n) is 7.53. The van der Waals surface area contributed by atoms with Crippen molar-refractivity contribution >= 4 is 17.5 Å². The smallest absolute Gasteiger partial charge is 0.241 e. The Kier molecular flexibility index (Phi) is 6.01. The minimum Gasteiger partial charge on any atom is -0.497 e. The van der Waals surface area contributed by atoms with Crippen molar-refractivity contribution in [1.82, 2.24) is 10.2 Å². The van der Waals surface area contributed by atoms with Crippen molar-refractivity contribution in [3.8, 4) is 18.1 Å². The van der Waals surface area contributed by atoms with Crippen LogP contribution in [0.15, 0.2) is 24.3 Å². The predicted molar refractivity (Wildman–Crippen MR) is 88.1 cm³/mol. The zero-order valence-corrected chi connectivity index (χ0v) is 13.2. The Labute approximate surface area is 136 Å². The second kappa shape index (κ2) is 8.20. The number of likely N-dealkylation sites (tertiary alicyclic amines) is 1. The van der Waals surface area contributed by atoms with Gasteiger partial charge in [0.1, 0.15) is 5.75 Å². The van der Waals surface area contributed by atoms with E-state index in [0.717, 1.165) is 25.1 Å². The topological polar surface area (TPSA) is 70.7 Å². The van der Waals surface area contributed by atoms with Crippen LogP contribution in [0.3, 0.4) is 0 Å². The fourth-order valence-corrected chi connectivity index (χ4v) is 2.60. The van der Waals surface area contributed by atoms with Crippen LogP contribution in [0.1, 0.15) is 12.8 Å². The van der Waals surface area contributed by atoms with Crippen LogP contribution in [-0.2, 0) is 9.59 Å². The number of methoxy groups -OCH3 is 1. The zero-order chi connectivity index (χ0) is 16.7. The molecule has 1 saturated heterocycles. The van der Waals surface area contributed by atoms with Gasteiger partial charge in [-0.1, -0.05) is 5.92 Å². The van der Waals surface area contributed by atoms with Gasteiger partial charge in [0.25, 0.3) is 0 Å². The molecule has 2 N–H and O–H groups in total. The molecule has 23 heavy (non-hydrogen) atoms. The van der Waals surface area contributed by atoms with E-state index in [1.165, 1.54) is 0 Å². The Hall–Kier alpha value is -2.52. The highest BCUT2D eigenvalue weighted by atomic mass is 16.5. The molecule has 1 atom stereocenters. The van der Waals surface area contributed by atoms with Crippen LogP contribution in [0.5, 0.6) is 5.75 Å². The molecular weight excluding hydrogens is 294 g/mol. The summed E-state index contributed by atoms with van der Waals surface area (Å²) < 4.78 is 5.09. The number of benzene rings is 1. The Balaban J connectivity index is 1.91. The molecular formula is C17H21N3O3. The molecule has 0 radical (unpaired) electrons. The van der Waals surface area contributed by atoms with Gasteiger partial charge in [0, 0.05) is 5.69 Å². The van der Waals surface area contributed by atoms with Gasteiger partial charge in [-0.15, -0.1) is 6.42 Å². The summed E-state index contributed by atoms with van der Waals surface area (Å²) in [6.45, 7) is 1.11. The van der Waals surface area contributed by atoms with E-state index in [1.807, 2.05) is 4.90 Å². The molecule has 6 nitrogen and oxygen atoms in total. The fourth-order valence-electron chi connectivity index (χ4n) is 2.60. The maximum absolute atomic E-state index is 12.4. The number of hydrogen-bond donors (Lipinski definition) is 2. The molecule has 1 aromatic rings. The Bertz CT molecular complexity index is 592. The molecule has 1 aliphatic heterocycles. The monoisotopic (exact) mass is 315 g/mol. The lowest BCUT2D eigenvalue weighted by Crippen LogP contribution is -2.45. The van der Waals surface area contributed by atoms with Gasteiger partial charge < -0.3 is 15.4 Å². The van der Waals surface area contributed by atoms with E-state index < -0.39 is 0 Å². The maximum atomic E-state index is 12.4. The zero-order valence-electron chi connectivity index (χ0n) is 13.2. The van der Waals surface area contributed by atoms with Crippen molar-refractivity contribution in [2.45, 2.75) is 18.9 Å². The third-order valence-corrected chi connectivity index (χ3v) is 3.76. The molecule has 0 bridgehead atoms. The number of terminal acetylenes is 1. The minimum absolute atomic E-state index is 0.0996. The van der Waals surface area contributed by atoms with Crippen LogP contribution in [0.25, 0.3) is 0 Å². The van der Waals surface area contributed by atoms with E-state index in [2.05, 4.69) is 16.6 Å². The summed E-state index contributed by atoms with van der Waals surface area (Å²) in [6.07, 6.45) is 6.75. The molecule has 0 saturated carbocycles. The highest BCUT2D eigenvalue weighted by molar-refractivity contribution is 5.95. The molecule has 1 unspecified atom stereocenters. The van der Waals surface area contributed by atoms with Crippen LogP contribution in [-0.4, -0.2) is 49.5 Å². The maximum Gasteiger partial charge on any atom is 0.241 e. The second-order valence-corrected chi connectivity index (χ2v) is 5.33. The van der Waals surface area contributed by atoms with Gasteiger partial charge in [-0.05, 0) is 43.7 Å². The lowest BCUT2D eigenvalue weighted by Gasteiger charge is -2.23. The van der Waals surface area contributed by atoms with Gasteiger partial charge >= 0.3 is 0 Å². The minimum atomic E-state index is -0.298. The average molecular weight is 315 g/mol. The molecule has 1 aromatic carbocycles. The highest BCUT2D eigenvalue weighted by Crippen LogP contribution is 2.20. The first-order chi connectivity index (χ1) is 11.1. The van der Waals surface area contributed by atoms with Crippen molar-refractivity contribution in [1.29, 1.82) is 0 Å². The van der Waals surface area contributed by atoms with E-state index in [-0.39, 0.29) is 30.9 Å². The van der Waals surface area contributed by atoms with Gasteiger partial charge in [0.15, 0.2) is 0 Å². The van der Waals surface area contributed by atoms with E-state index in [4.69, 9.17) is 11.2 Å². The summed E-state index contributed by atoms with van der Waals surface area (Å²) in [7, 11) is 1.59. The number of nitrogens with one attached hydrogen (secondary N) is 2. The SMILES string of the molecule is C#CCNC(=O)CN1CCCC1C(=O)Nc1ccc(OC)cc1. The van der Waals surface area contributed by atoms with E-state index in [0.29, 0.717) is 5.69 Å². The number of carbonyl (C=O) groups excluding carboxylic acids is 2. The second-order valence-electron chi connectivity index (χ2n) is 5.33. The van der Waals surface area contributed by atoms with Crippen molar-refractivity contribution in [2.24, 2.45) is 0 Å². The summed E-state index contributed by atoms with van der Waals surface area (Å²) in [5.74, 6) is 2.83. The Morgan fingerprint density at radius 3 is 2.78 bits per heavy atom. The number of rotatable bonds is 6. The summed E-state index contributed by atoms with van der Waals surface area (Å²) in [6, 6.07) is 6.85. The first-order valence-corrected chi connectivity index (χ1v) is 7.53. The molecule has 2 rings (SSSR count). The fraction of sp³-hybridized carbons (Fsp3) is 0.412. The van der Waals surface area contributed by atoms with Crippen LogP contribution in [0, 0.1) is 12.3 Å². The summed E-state index contributed by atoms with van der Waals surface area (Å²) in [4.78, 5) is 26.1. The van der Waals surface area contributed by atoms with E-state index in [9.17, 15) is 9.59 Å². The first kappa shape index (κ1) is 16.8. The van der Waals surface area contributed by atoms with Crippen molar-refractivity contribution in [2.75, 3.05) is 32.1 Å². The third-order valence-electron chi connectivity index (χ3n) is 3.76. The number of hydrogen-bond acceptors (Lipinski definition) is 4. The molecule has 0 spiro atoms. The third kappa shape index (κ3) is 4.73. The largest absolute Gasteiger partial charge is 0.497 e. The van der Waals surface area contributed by atoms with E-state index in [1.54, 1.807) is 31.4 Å². The van der Waals surface area contributed by atoms with Crippen LogP contribution in [0.4, 0.5) is 5.69 Å². The molecule has 1 fully saturated rings. The number of ether oxygens (including phenoxy) is 1. The van der Waals surface area contributed by atoms with Crippen LogP contribution in [0.2, 0.25) is 0 Å². The van der Waals surface area contributed by atoms with Gasteiger partial charge in [0.2, 0.25) is 11.8 Å². The molecule has 1 aliphatic rings. The number of amides is 2. The number of nitrogens with zero attached hydrogens (tertiary/aromatic N) is 1. The van der Waals surface area contributed by atoms with Crippen molar-refractivity contribution in [3.05, 3.63) is 24.3 Å². The summed E-state index contributed by atoms with van der Waals surface area (Å²) >= 11 is 0. The van der Waals surface area contributed by atoms with Gasteiger partial charge in [0.05, 0.1) is 26.2 Å². The lowest BCUT2D eigenvalue weighted by atomic mass is 10.2. The standard InChI is InChI=1S/C17H21N3O3/c1-3-10-18-16(21)12-20-11-4-5-15(20)17(22)19-13-6-8-14(23-2)9-7-13/h1,6-9,15H,4-5,10-12H2,2H3,(H,18,21)(H,19,22). The van der Waals surface area contributed by atoms with Crippen molar-refractivity contribution in [3.63, 3.8) is 0 Å². The van der Waals surface area contributed by atoms with E-state index >= 15 is 0 Å². The average Bonchev–Trinajstić information content (AvgIpc) is 3.01. The Morgan fingerprint density at radius 2 is 2.13 bits per heavy atom. The normalized spacial score (nSPS) is 17.3. The predicted octanol–water partition coefficient (Wildman–Crippen LogP) is 0.847. The molecule has 0 aliphatic carbocycles. The highest BCUT2D eigenvalue weighted by Gasteiger charge is 2.31. The van der Waals surface area contributed by atoms with Crippen LogP contribution >= 0.6 is 0 Å². The Morgan fingerprint density at radius 1 is 1.39 bits per heavy atom. The van der Waals surface area contributed by atoms with Gasteiger partial charge in [-0.3, -0.25) is 14.5 Å². The molecule has 1 heterocycles. The lowest BCUT2D eigenvalue weighted by molar-refractivity contribution is -0.124. The van der Waals surface area contributed by atoms with Crippen LogP contribution < -0.4 is 15.4 Å². The molecule has 6 heteroatoms. The summed E-state index contributed by atoms with van der Waals surface area (Å²) in [5.41, 5.74) is 0.708. The molecule has 122 valence electrons. The number of anilines is 1. The molecule has 0 aromatic heterocycles. The van der Waals surface area contributed by atoms with Gasteiger partial charge in [-0.25, -0.2) is 0 Å². The molecule has 2 amide bonds. The van der Waals surface area contributed by atoms with Crippen molar-refractivity contribution < 1.29 is 14.3 Å². The quantitative estimate of drug-likeness (QED) is 0.764.